The molecule has 1 heterocycles. The molecule has 0 aliphatic rings. The van der Waals surface area contributed by atoms with Gasteiger partial charge in [0.1, 0.15) is 0 Å². The second-order valence-electron chi connectivity index (χ2n) is 2.99. The summed E-state index contributed by atoms with van der Waals surface area (Å²) in [6.07, 6.45) is 1.73. The van der Waals surface area contributed by atoms with Crippen LogP contribution >= 0.6 is 15.9 Å². The zero-order valence-corrected chi connectivity index (χ0v) is 8.68. The Bertz CT molecular complexity index is 516. The summed E-state index contributed by atoms with van der Waals surface area (Å²) >= 11 is 3.34. The number of rotatable bonds is 0. The zero-order chi connectivity index (χ0) is 9.42. The van der Waals surface area contributed by atoms with Crippen molar-refractivity contribution in [2.45, 2.75) is 6.92 Å². The molecule has 0 aliphatic carbocycles. The molecule has 2 aromatic rings. The molecule has 3 heteroatoms. The van der Waals surface area contributed by atoms with Gasteiger partial charge in [0.2, 0.25) is 0 Å². The van der Waals surface area contributed by atoms with Crippen molar-refractivity contribution in [2.24, 2.45) is 0 Å². The first kappa shape index (κ1) is 8.51. The lowest BCUT2D eigenvalue weighted by molar-refractivity contribution is 1.24. The number of fused-ring (bicyclic) bond motifs is 1. The standard InChI is InChI=1S/C10H8BrNO/c1-6-5-12-10(13)9-4-7(11)2-3-8(6)9/h2-5H,1H3,(H,12,13). The fraction of sp³-hybridized carbons (Fsp3) is 0.100. The minimum absolute atomic E-state index is 0.0399. The van der Waals surface area contributed by atoms with Crippen molar-refractivity contribution >= 4 is 26.7 Å². The number of nitrogens with one attached hydrogen (secondary N) is 1. The average molecular weight is 238 g/mol. The van der Waals surface area contributed by atoms with E-state index >= 15 is 0 Å². The molecular formula is C10H8BrNO. The van der Waals surface area contributed by atoms with E-state index in [-0.39, 0.29) is 5.56 Å². The van der Waals surface area contributed by atoms with E-state index in [1.165, 1.54) is 0 Å². The van der Waals surface area contributed by atoms with Gasteiger partial charge in [-0.2, -0.15) is 0 Å². The number of benzene rings is 1. The molecule has 2 nitrogen and oxygen atoms in total. The van der Waals surface area contributed by atoms with Gasteiger partial charge in [0.15, 0.2) is 0 Å². The maximum absolute atomic E-state index is 11.4. The highest BCUT2D eigenvalue weighted by molar-refractivity contribution is 9.10. The van der Waals surface area contributed by atoms with Gasteiger partial charge in [0.25, 0.3) is 5.56 Å². The summed E-state index contributed by atoms with van der Waals surface area (Å²) in [6.45, 7) is 1.98. The Labute approximate surface area is 83.7 Å². The average Bonchev–Trinajstić information content (AvgIpc) is 2.12. The molecule has 0 unspecified atom stereocenters. The minimum atomic E-state index is -0.0399. The molecule has 66 valence electrons. The third-order valence-corrected chi connectivity index (χ3v) is 2.56. The van der Waals surface area contributed by atoms with Crippen LogP contribution in [0.2, 0.25) is 0 Å². The number of hydrogen-bond acceptors (Lipinski definition) is 1. The Morgan fingerprint density at radius 1 is 1.31 bits per heavy atom. The van der Waals surface area contributed by atoms with E-state index in [9.17, 15) is 4.79 Å². The van der Waals surface area contributed by atoms with Crippen molar-refractivity contribution in [1.29, 1.82) is 0 Å². The number of pyridine rings is 1. The molecule has 0 aliphatic heterocycles. The van der Waals surface area contributed by atoms with Gasteiger partial charge in [-0.3, -0.25) is 4.79 Å². The predicted octanol–water partition coefficient (Wildman–Crippen LogP) is 2.60. The van der Waals surface area contributed by atoms with Gasteiger partial charge < -0.3 is 4.98 Å². The van der Waals surface area contributed by atoms with Crippen LogP contribution in [-0.4, -0.2) is 4.98 Å². The highest BCUT2D eigenvalue weighted by atomic mass is 79.9. The molecule has 0 atom stereocenters. The monoisotopic (exact) mass is 237 g/mol. The van der Waals surface area contributed by atoms with Gasteiger partial charge in [0.05, 0.1) is 0 Å². The quantitative estimate of drug-likeness (QED) is 0.751. The molecule has 0 saturated heterocycles. The molecule has 2 rings (SSSR count). The molecule has 13 heavy (non-hydrogen) atoms. The van der Waals surface area contributed by atoms with Crippen LogP contribution in [0.1, 0.15) is 5.56 Å². The Morgan fingerprint density at radius 2 is 2.08 bits per heavy atom. The van der Waals surface area contributed by atoms with Crippen LogP contribution in [0, 0.1) is 6.92 Å². The highest BCUT2D eigenvalue weighted by Crippen LogP contribution is 2.18. The van der Waals surface area contributed by atoms with Gasteiger partial charge in [-0.05, 0) is 30.0 Å². The second kappa shape index (κ2) is 3.00. The zero-order valence-electron chi connectivity index (χ0n) is 7.10. The Balaban J connectivity index is 3.01. The molecule has 1 aromatic heterocycles. The maximum atomic E-state index is 11.4. The van der Waals surface area contributed by atoms with Crippen molar-refractivity contribution in [1.82, 2.24) is 4.98 Å². The van der Waals surface area contributed by atoms with Gasteiger partial charge in [-0.1, -0.05) is 22.0 Å². The SMILES string of the molecule is Cc1c[nH]c(=O)c2cc(Br)ccc12. The van der Waals surface area contributed by atoms with Crippen LogP contribution in [-0.2, 0) is 0 Å². The van der Waals surface area contributed by atoms with E-state index < -0.39 is 0 Å². The number of hydrogen-bond donors (Lipinski definition) is 1. The third kappa shape index (κ3) is 1.40. The van der Waals surface area contributed by atoms with Gasteiger partial charge in [0, 0.05) is 16.1 Å². The molecule has 1 aromatic carbocycles. The number of aromatic nitrogens is 1. The summed E-state index contributed by atoms with van der Waals surface area (Å²) in [5.74, 6) is 0. The predicted molar refractivity (Wildman–Crippen MR) is 57.0 cm³/mol. The molecule has 0 bridgehead atoms. The van der Waals surface area contributed by atoms with E-state index in [4.69, 9.17) is 0 Å². The van der Waals surface area contributed by atoms with Crippen LogP contribution in [0.3, 0.4) is 0 Å². The first-order valence-corrected chi connectivity index (χ1v) is 4.75. The van der Waals surface area contributed by atoms with Crippen LogP contribution < -0.4 is 5.56 Å². The smallest absolute Gasteiger partial charge is 0.255 e. The second-order valence-corrected chi connectivity index (χ2v) is 3.91. The van der Waals surface area contributed by atoms with Crippen molar-refractivity contribution in [3.8, 4) is 0 Å². The largest absolute Gasteiger partial charge is 0.328 e. The summed E-state index contributed by atoms with van der Waals surface area (Å²) in [5, 5.41) is 1.74. The number of aryl methyl sites for hydroxylation is 1. The Hall–Kier alpha value is -1.09. The third-order valence-electron chi connectivity index (χ3n) is 2.07. The lowest BCUT2D eigenvalue weighted by Crippen LogP contribution is -2.05. The van der Waals surface area contributed by atoms with Crippen LogP contribution in [0.4, 0.5) is 0 Å². The molecule has 0 fully saturated rings. The molecule has 0 saturated carbocycles. The normalized spacial score (nSPS) is 10.6. The van der Waals surface area contributed by atoms with E-state index in [1.54, 1.807) is 6.20 Å². The lowest BCUT2D eigenvalue weighted by Gasteiger charge is -2.00. The fourth-order valence-electron chi connectivity index (χ4n) is 1.38. The van der Waals surface area contributed by atoms with Crippen LogP contribution in [0.5, 0.6) is 0 Å². The summed E-state index contributed by atoms with van der Waals surface area (Å²) in [7, 11) is 0. The van der Waals surface area contributed by atoms with E-state index in [2.05, 4.69) is 20.9 Å². The van der Waals surface area contributed by atoms with Gasteiger partial charge >= 0.3 is 0 Å². The van der Waals surface area contributed by atoms with Crippen molar-refractivity contribution in [3.05, 3.63) is 44.8 Å². The minimum Gasteiger partial charge on any atom is -0.328 e. The maximum Gasteiger partial charge on any atom is 0.255 e. The Morgan fingerprint density at radius 3 is 2.85 bits per heavy atom. The van der Waals surface area contributed by atoms with Crippen molar-refractivity contribution in [2.75, 3.05) is 0 Å². The summed E-state index contributed by atoms with van der Waals surface area (Å²) < 4.78 is 0.927. The summed E-state index contributed by atoms with van der Waals surface area (Å²) in [5.41, 5.74) is 1.05. The fourth-order valence-corrected chi connectivity index (χ4v) is 1.74. The van der Waals surface area contributed by atoms with Gasteiger partial charge in [-0.25, -0.2) is 0 Å². The van der Waals surface area contributed by atoms with Crippen LogP contribution in [0.15, 0.2) is 33.7 Å². The molecular weight excluding hydrogens is 230 g/mol. The van der Waals surface area contributed by atoms with Crippen LogP contribution in [0.25, 0.3) is 10.8 Å². The lowest BCUT2D eigenvalue weighted by atomic mass is 10.1. The van der Waals surface area contributed by atoms with Crippen molar-refractivity contribution < 1.29 is 0 Å². The first-order chi connectivity index (χ1) is 6.18. The topological polar surface area (TPSA) is 32.9 Å². The highest BCUT2D eigenvalue weighted by Gasteiger charge is 2.00. The van der Waals surface area contributed by atoms with Crippen molar-refractivity contribution in [3.63, 3.8) is 0 Å². The number of halogens is 1. The number of aromatic amines is 1. The van der Waals surface area contributed by atoms with E-state index in [0.29, 0.717) is 0 Å². The molecule has 0 spiro atoms. The first-order valence-electron chi connectivity index (χ1n) is 3.96. The molecule has 1 N–H and O–H groups in total. The van der Waals surface area contributed by atoms with E-state index in [1.807, 2.05) is 25.1 Å². The Kier molecular flexibility index (Phi) is 1.96. The summed E-state index contributed by atoms with van der Waals surface area (Å²) in [4.78, 5) is 14.1. The molecule has 0 amide bonds. The molecule has 0 radical (unpaired) electrons. The number of H-pyrrole nitrogens is 1. The summed E-state index contributed by atoms with van der Waals surface area (Å²) in [6, 6.07) is 5.72. The van der Waals surface area contributed by atoms with Gasteiger partial charge in [-0.15, -0.1) is 0 Å². The van der Waals surface area contributed by atoms with E-state index in [0.717, 1.165) is 20.8 Å².